The summed E-state index contributed by atoms with van der Waals surface area (Å²) in [5.41, 5.74) is 1.16. The van der Waals surface area contributed by atoms with Gasteiger partial charge >= 0.3 is 0 Å². The molecule has 0 radical (unpaired) electrons. The van der Waals surface area contributed by atoms with Gasteiger partial charge in [0.05, 0.1) is 15.2 Å². The summed E-state index contributed by atoms with van der Waals surface area (Å²) in [6, 6.07) is 12.8. The van der Waals surface area contributed by atoms with Crippen LogP contribution in [0, 0.1) is 0 Å². The maximum absolute atomic E-state index is 4.82. The molecule has 1 fully saturated rings. The molecule has 4 heteroatoms. The van der Waals surface area contributed by atoms with Crippen molar-refractivity contribution in [1.82, 2.24) is 9.88 Å². The molecule has 4 rings (SSSR count). The van der Waals surface area contributed by atoms with E-state index >= 15 is 0 Å². The Morgan fingerprint density at radius 1 is 1.20 bits per heavy atom. The fourth-order valence-corrected chi connectivity index (χ4v) is 4.70. The number of rotatable bonds is 3. The Bertz CT molecular complexity index is 669. The number of benzene rings is 1. The minimum atomic E-state index is 0.618. The van der Waals surface area contributed by atoms with Crippen LogP contribution in [0.5, 0.6) is 0 Å². The molecular formula is C16H16N2S2. The summed E-state index contributed by atoms with van der Waals surface area (Å²) in [5, 5.41) is 3.48. The fraction of sp³-hybridized carbons (Fsp3) is 0.312. The molecule has 0 spiro atoms. The molecule has 0 N–H and O–H groups in total. The third-order valence-corrected chi connectivity index (χ3v) is 5.95. The van der Waals surface area contributed by atoms with E-state index in [0.717, 1.165) is 18.6 Å². The van der Waals surface area contributed by atoms with Crippen molar-refractivity contribution in [3.63, 3.8) is 0 Å². The Morgan fingerprint density at radius 2 is 2.15 bits per heavy atom. The fourth-order valence-electron chi connectivity index (χ4n) is 2.87. The van der Waals surface area contributed by atoms with Crippen molar-refractivity contribution in [2.45, 2.75) is 18.9 Å². The summed E-state index contributed by atoms with van der Waals surface area (Å²) in [6.45, 7) is 3.44. The van der Waals surface area contributed by atoms with Gasteiger partial charge in [0.15, 0.2) is 0 Å². The van der Waals surface area contributed by atoms with E-state index in [-0.39, 0.29) is 0 Å². The van der Waals surface area contributed by atoms with E-state index in [1.54, 1.807) is 0 Å². The van der Waals surface area contributed by atoms with Crippen LogP contribution in [0.15, 0.2) is 41.8 Å². The molecule has 1 atom stereocenters. The standard InChI is InChI=1S/C16H16N2S2/c1-2-6-15-14(5-1)17-16(20-15)12-7-8-18(10-12)11-13-4-3-9-19-13/h1-6,9,12H,7-8,10-11H2. The molecule has 0 bridgehead atoms. The lowest BCUT2D eigenvalue weighted by Gasteiger charge is -2.13. The Labute approximate surface area is 126 Å². The van der Waals surface area contributed by atoms with Crippen molar-refractivity contribution in [2.24, 2.45) is 0 Å². The topological polar surface area (TPSA) is 16.1 Å². The maximum Gasteiger partial charge on any atom is 0.0982 e. The number of likely N-dealkylation sites (tertiary alicyclic amines) is 1. The highest BCUT2D eigenvalue weighted by Crippen LogP contribution is 2.33. The number of hydrogen-bond donors (Lipinski definition) is 0. The zero-order valence-electron chi connectivity index (χ0n) is 11.2. The highest BCUT2D eigenvalue weighted by molar-refractivity contribution is 7.18. The van der Waals surface area contributed by atoms with Gasteiger partial charge in [-0.25, -0.2) is 4.98 Å². The van der Waals surface area contributed by atoms with Gasteiger partial charge in [-0.1, -0.05) is 18.2 Å². The number of fused-ring (bicyclic) bond motifs is 1. The van der Waals surface area contributed by atoms with Gasteiger partial charge in [0.2, 0.25) is 0 Å². The lowest BCUT2D eigenvalue weighted by molar-refractivity contribution is 0.330. The molecule has 0 amide bonds. The minimum Gasteiger partial charge on any atom is -0.298 e. The van der Waals surface area contributed by atoms with Gasteiger partial charge in [0, 0.05) is 23.9 Å². The van der Waals surface area contributed by atoms with Gasteiger partial charge in [-0.05, 0) is 36.5 Å². The van der Waals surface area contributed by atoms with Crippen LogP contribution in [0.1, 0.15) is 22.2 Å². The largest absolute Gasteiger partial charge is 0.298 e. The van der Waals surface area contributed by atoms with Crippen molar-refractivity contribution in [3.8, 4) is 0 Å². The van der Waals surface area contributed by atoms with Crippen LogP contribution in [0.4, 0.5) is 0 Å². The summed E-state index contributed by atoms with van der Waals surface area (Å²) in [5.74, 6) is 0.618. The summed E-state index contributed by atoms with van der Waals surface area (Å²) in [4.78, 5) is 8.85. The molecule has 1 aliphatic rings. The van der Waals surface area contributed by atoms with E-state index in [1.807, 2.05) is 22.7 Å². The number of thiazole rings is 1. The van der Waals surface area contributed by atoms with Crippen LogP contribution in [0.3, 0.4) is 0 Å². The molecule has 2 nitrogen and oxygen atoms in total. The number of para-hydroxylation sites is 1. The van der Waals surface area contributed by atoms with Crippen molar-refractivity contribution < 1.29 is 0 Å². The molecule has 1 saturated heterocycles. The summed E-state index contributed by atoms with van der Waals surface area (Å²) >= 11 is 3.73. The van der Waals surface area contributed by atoms with Crippen molar-refractivity contribution in [1.29, 1.82) is 0 Å². The van der Waals surface area contributed by atoms with Gasteiger partial charge in [-0.2, -0.15) is 0 Å². The summed E-state index contributed by atoms with van der Waals surface area (Å²) in [6.07, 6.45) is 1.24. The van der Waals surface area contributed by atoms with Crippen LogP contribution < -0.4 is 0 Å². The third kappa shape index (κ3) is 2.39. The van der Waals surface area contributed by atoms with E-state index in [4.69, 9.17) is 4.98 Å². The van der Waals surface area contributed by atoms with E-state index in [2.05, 4.69) is 46.7 Å². The highest BCUT2D eigenvalue weighted by Gasteiger charge is 2.26. The first-order valence-electron chi connectivity index (χ1n) is 6.99. The predicted molar refractivity (Wildman–Crippen MR) is 86.6 cm³/mol. The molecule has 0 aliphatic carbocycles. The normalized spacial score (nSPS) is 19.9. The Kier molecular flexibility index (Phi) is 3.30. The first kappa shape index (κ1) is 12.5. The first-order valence-corrected chi connectivity index (χ1v) is 8.68. The Morgan fingerprint density at radius 3 is 3.00 bits per heavy atom. The quantitative estimate of drug-likeness (QED) is 0.715. The molecule has 1 unspecified atom stereocenters. The van der Waals surface area contributed by atoms with Crippen molar-refractivity contribution in [3.05, 3.63) is 51.7 Å². The average molecular weight is 300 g/mol. The Hall–Kier alpha value is -1.23. The number of hydrogen-bond acceptors (Lipinski definition) is 4. The SMILES string of the molecule is c1csc(CN2CCC(c3nc4ccccc4s3)C2)c1. The summed E-state index contributed by atoms with van der Waals surface area (Å²) < 4.78 is 1.32. The van der Waals surface area contributed by atoms with E-state index in [1.165, 1.54) is 27.6 Å². The first-order chi connectivity index (χ1) is 9.88. The third-order valence-electron chi connectivity index (χ3n) is 3.89. The molecular weight excluding hydrogens is 284 g/mol. The van der Waals surface area contributed by atoms with Gasteiger partial charge in [-0.3, -0.25) is 4.90 Å². The highest BCUT2D eigenvalue weighted by atomic mass is 32.1. The van der Waals surface area contributed by atoms with Crippen LogP contribution in [0.2, 0.25) is 0 Å². The molecule has 0 saturated carbocycles. The predicted octanol–water partition coefficient (Wildman–Crippen LogP) is 4.35. The van der Waals surface area contributed by atoms with Gasteiger partial charge < -0.3 is 0 Å². The van der Waals surface area contributed by atoms with E-state index < -0.39 is 0 Å². The molecule has 2 aromatic heterocycles. The number of aromatic nitrogens is 1. The number of nitrogens with zero attached hydrogens (tertiary/aromatic N) is 2. The Balaban J connectivity index is 1.50. The maximum atomic E-state index is 4.82. The number of thiophene rings is 1. The van der Waals surface area contributed by atoms with Crippen molar-refractivity contribution in [2.75, 3.05) is 13.1 Å². The van der Waals surface area contributed by atoms with Crippen LogP contribution in [-0.4, -0.2) is 23.0 Å². The zero-order valence-corrected chi connectivity index (χ0v) is 12.8. The monoisotopic (exact) mass is 300 g/mol. The second-order valence-corrected chi connectivity index (χ2v) is 7.41. The van der Waals surface area contributed by atoms with Crippen LogP contribution in [0.25, 0.3) is 10.2 Å². The van der Waals surface area contributed by atoms with E-state index in [9.17, 15) is 0 Å². The second kappa shape index (κ2) is 5.28. The van der Waals surface area contributed by atoms with Gasteiger partial charge in [-0.15, -0.1) is 22.7 Å². The van der Waals surface area contributed by atoms with Crippen molar-refractivity contribution >= 4 is 32.9 Å². The molecule has 3 aromatic rings. The molecule has 3 heterocycles. The zero-order chi connectivity index (χ0) is 13.4. The minimum absolute atomic E-state index is 0.618. The van der Waals surface area contributed by atoms with Gasteiger partial charge in [0.1, 0.15) is 0 Å². The lowest BCUT2D eigenvalue weighted by Crippen LogP contribution is -2.19. The average Bonchev–Trinajstić information content (AvgIpc) is 3.18. The molecule has 20 heavy (non-hydrogen) atoms. The molecule has 1 aromatic carbocycles. The molecule has 102 valence electrons. The smallest absolute Gasteiger partial charge is 0.0982 e. The van der Waals surface area contributed by atoms with Crippen LogP contribution in [-0.2, 0) is 6.54 Å². The van der Waals surface area contributed by atoms with E-state index in [0.29, 0.717) is 5.92 Å². The molecule has 1 aliphatic heterocycles. The lowest BCUT2D eigenvalue weighted by atomic mass is 10.1. The summed E-state index contributed by atoms with van der Waals surface area (Å²) in [7, 11) is 0. The van der Waals surface area contributed by atoms with Crippen LogP contribution >= 0.6 is 22.7 Å². The second-order valence-electron chi connectivity index (χ2n) is 5.32. The van der Waals surface area contributed by atoms with Gasteiger partial charge in [0.25, 0.3) is 0 Å².